The topological polar surface area (TPSA) is 86.8 Å². The van der Waals surface area contributed by atoms with Gasteiger partial charge in [0, 0.05) is 36.8 Å². The molecule has 124 valence electrons. The Labute approximate surface area is 148 Å². The van der Waals surface area contributed by atoms with Crippen LogP contribution in [0.5, 0.6) is 0 Å². The Bertz CT molecular complexity index is 788. The summed E-state index contributed by atoms with van der Waals surface area (Å²) >= 11 is 3.34. The smallest absolute Gasteiger partial charge is 0.269 e. The largest absolute Gasteiger partial charge is 0.355 e. The lowest BCUT2D eigenvalue weighted by Crippen LogP contribution is -2.45. The molecule has 1 aliphatic rings. The molecule has 7 nitrogen and oxygen atoms in total. The molecule has 0 unspecified atom stereocenters. The van der Waals surface area contributed by atoms with Crippen LogP contribution in [0.25, 0.3) is 0 Å². The van der Waals surface area contributed by atoms with Crippen LogP contribution in [0.15, 0.2) is 29.3 Å². The van der Waals surface area contributed by atoms with Gasteiger partial charge in [-0.2, -0.15) is 5.26 Å². The van der Waals surface area contributed by atoms with Crippen LogP contribution < -0.4 is 10.2 Å². The molecular weight excluding hydrogens is 372 g/mol. The molecule has 1 fully saturated rings. The minimum Gasteiger partial charge on any atom is -0.355 e. The number of aryl methyl sites for hydroxylation is 1. The van der Waals surface area contributed by atoms with Crippen molar-refractivity contribution in [3.05, 3.63) is 40.5 Å². The summed E-state index contributed by atoms with van der Waals surface area (Å²) in [4.78, 5) is 22.7. The van der Waals surface area contributed by atoms with E-state index in [1.165, 1.54) is 0 Å². The number of hydrogen-bond donors (Lipinski definition) is 1. The first-order valence-electron chi connectivity index (χ1n) is 7.66. The third kappa shape index (κ3) is 3.41. The van der Waals surface area contributed by atoms with Crippen molar-refractivity contribution in [3.63, 3.8) is 0 Å². The Morgan fingerprint density at radius 1 is 1.42 bits per heavy atom. The zero-order valence-electron chi connectivity index (χ0n) is 13.2. The van der Waals surface area contributed by atoms with Gasteiger partial charge in [-0.05, 0) is 34.8 Å². The molecule has 0 aromatic carbocycles. The van der Waals surface area contributed by atoms with E-state index >= 15 is 0 Å². The van der Waals surface area contributed by atoms with E-state index in [1.54, 1.807) is 36.4 Å². The lowest BCUT2D eigenvalue weighted by atomic mass is 10.0. The molecule has 0 aliphatic carbocycles. The van der Waals surface area contributed by atoms with Crippen molar-refractivity contribution >= 4 is 27.7 Å². The van der Waals surface area contributed by atoms with Crippen molar-refractivity contribution in [1.29, 1.82) is 5.26 Å². The third-order valence-electron chi connectivity index (χ3n) is 4.13. The molecule has 0 bridgehead atoms. The molecule has 2 aromatic heterocycles. The van der Waals surface area contributed by atoms with E-state index < -0.39 is 0 Å². The fourth-order valence-corrected chi connectivity index (χ4v) is 3.17. The van der Waals surface area contributed by atoms with Crippen molar-refractivity contribution in [3.8, 4) is 6.07 Å². The quantitative estimate of drug-likeness (QED) is 0.866. The highest BCUT2D eigenvalue weighted by Gasteiger charge is 2.24. The molecule has 0 saturated carbocycles. The number of rotatable bonds is 3. The highest BCUT2D eigenvalue weighted by molar-refractivity contribution is 9.10. The first-order chi connectivity index (χ1) is 11.6. The lowest BCUT2D eigenvalue weighted by molar-refractivity contribution is 0.0923. The minimum absolute atomic E-state index is 0.104. The van der Waals surface area contributed by atoms with Crippen molar-refractivity contribution in [2.45, 2.75) is 18.9 Å². The number of nitriles is 1. The Morgan fingerprint density at radius 3 is 2.79 bits per heavy atom. The Balaban J connectivity index is 1.61. The number of pyridine rings is 1. The van der Waals surface area contributed by atoms with E-state index in [-0.39, 0.29) is 11.9 Å². The standard InChI is InChI=1S/C16H17BrN6O/c1-22-10-19-9-14(22)16(24)21-13-2-4-23(5-3-13)15-11(7-18)6-12(17)8-20-15/h6,8-10,13H,2-5H2,1H3,(H,21,24). The van der Waals surface area contributed by atoms with Gasteiger partial charge in [-0.1, -0.05) is 0 Å². The summed E-state index contributed by atoms with van der Waals surface area (Å²) in [5.41, 5.74) is 1.11. The number of carbonyl (C=O) groups excluding carboxylic acids is 1. The number of carbonyl (C=O) groups is 1. The van der Waals surface area contributed by atoms with Gasteiger partial charge in [-0.15, -0.1) is 0 Å². The minimum atomic E-state index is -0.104. The molecule has 0 atom stereocenters. The van der Waals surface area contributed by atoms with Crippen LogP contribution in [0.4, 0.5) is 5.82 Å². The van der Waals surface area contributed by atoms with Crippen LogP contribution in [0.3, 0.4) is 0 Å². The molecular formula is C16H17BrN6O. The fourth-order valence-electron chi connectivity index (χ4n) is 2.84. The summed E-state index contributed by atoms with van der Waals surface area (Å²) in [5.74, 6) is 0.602. The van der Waals surface area contributed by atoms with Crippen molar-refractivity contribution < 1.29 is 4.79 Å². The number of piperidine rings is 1. The van der Waals surface area contributed by atoms with Crippen LogP contribution in [-0.4, -0.2) is 39.6 Å². The van der Waals surface area contributed by atoms with Gasteiger partial charge in [-0.25, -0.2) is 9.97 Å². The average Bonchev–Trinajstić information content (AvgIpc) is 3.02. The van der Waals surface area contributed by atoms with E-state index in [0.29, 0.717) is 17.1 Å². The Morgan fingerprint density at radius 2 is 2.17 bits per heavy atom. The summed E-state index contributed by atoms with van der Waals surface area (Å²) in [5, 5.41) is 12.3. The molecule has 1 saturated heterocycles. The first kappa shape index (κ1) is 16.5. The number of anilines is 1. The van der Waals surface area contributed by atoms with E-state index in [2.05, 4.69) is 42.2 Å². The predicted molar refractivity (Wildman–Crippen MR) is 92.6 cm³/mol. The van der Waals surface area contributed by atoms with E-state index in [0.717, 1.165) is 30.4 Å². The normalized spacial score (nSPS) is 15.1. The van der Waals surface area contributed by atoms with Gasteiger partial charge in [0.1, 0.15) is 17.6 Å². The number of aromatic nitrogens is 3. The van der Waals surface area contributed by atoms with Gasteiger partial charge in [0.2, 0.25) is 0 Å². The maximum absolute atomic E-state index is 12.2. The molecule has 2 aromatic rings. The molecule has 0 radical (unpaired) electrons. The maximum atomic E-state index is 12.2. The van der Waals surface area contributed by atoms with E-state index in [1.807, 2.05) is 0 Å². The monoisotopic (exact) mass is 388 g/mol. The zero-order valence-corrected chi connectivity index (χ0v) is 14.8. The summed E-state index contributed by atoms with van der Waals surface area (Å²) in [6.45, 7) is 1.50. The summed E-state index contributed by atoms with van der Waals surface area (Å²) < 4.78 is 2.50. The second-order valence-corrected chi connectivity index (χ2v) is 6.68. The highest BCUT2D eigenvalue weighted by atomic mass is 79.9. The number of nitrogens with zero attached hydrogens (tertiary/aromatic N) is 5. The maximum Gasteiger partial charge on any atom is 0.269 e. The zero-order chi connectivity index (χ0) is 17.1. The van der Waals surface area contributed by atoms with E-state index in [9.17, 15) is 10.1 Å². The number of nitrogens with one attached hydrogen (secondary N) is 1. The van der Waals surface area contributed by atoms with Crippen LogP contribution >= 0.6 is 15.9 Å². The number of amides is 1. The molecule has 1 N–H and O–H groups in total. The third-order valence-corrected chi connectivity index (χ3v) is 4.57. The summed E-state index contributed by atoms with van der Waals surface area (Å²) in [6.07, 6.45) is 6.50. The number of imidazole rings is 1. The van der Waals surface area contributed by atoms with Gasteiger partial charge in [-0.3, -0.25) is 4.79 Å². The number of halogens is 1. The summed E-state index contributed by atoms with van der Waals surface area (Å²) in [7, 11) is 1.80. The van der Waals surface area contributed by atoms with Crippen molar-refractivity contribution in [2.75, 3.05) is 18.0 Å². The lowest BCUT2D eigenvalue weighted by Gasteiger charge is -2.33. The SMILES string of the molecule is Cn1cncc1C(=O)NC1CCN(c2ncc(Br)cc2C#N)CC1. The average molecular weight is 389 g/mol. The molecule has 24 heavy (non-hydrogen) atoms. The summed E-state index contributed by atoms with van der Waals surface area (Å²) in [6, 6.07) is 4.08. The van der Waals surface area contributed by atoms with Gasteiger partial charge in [0.15, 0.2) is 0 Å². The number of hydrogen-bond acceptors (Lipinski definition) is 5. The molecule has 1 amide bonds. The Kier molecular flexibility index (Phi) is 4.81. The second-order valence-electron chi connectivity index (χ2n) is 5.76. The van der Waals surface area contributed by atoms with Crippen molar-refractivity contribution in [2.24, 2.45) is 7.05 Å². The first-order valence-corrected chi connectivity index (χ1v) is 8.45. The fraction of sp³-hybridized carbons (Fsp3) is 0.375. The molecule has 3 heterocycles. The molecule has 3 rings (SSSR count). The molecule has 0 spiro atoms. The molecule has 1 aliphatic heterocycles. The van der Waals surface area contributed by atoms with E-state index in [4.69, 9.17) is 0 Å². The van der Waals surface area contributed by atoms with Crippen LogP contribution in [-0.2, 0) is 7.05 Å². The van der Waals surface area contributed by atoms with Crippen LogP contribution in [0.1, 0.15) is 28.9 Å². The second kappa shape index (κ2) is 7.01. The van der Waals surface area contributed by atoms with Crippen molar-refractivity contribution in [1.82, 2.24) is 19.9 Å². The van der Waals surface area contributed by atoms with Gasteiger partial charge in [0.25, 0.3) is 5.91 Å². The van der Waals surface area contributed by atoms with Gasteiger partial charge >= 0.3 is 0 Å². The van der Waals surface area contributed by atoms with Gasteiger partial charge in [0.05, 0.1) is 18.1 Å². The van der Waals surface area contributed by atoms with Crippen LogP contribution in [0, 0.1) is 11.3 Å². The van der Waals surface area contributed by atoms with Crippen LogP contribution in [0.2, 0.25) is 0 Å². The van der Waals surface area contributed by atoms with Gasteiger partial charge < -0.3 is 14.8 Å². The Hall–Kier alpha value is -2.40. The predicted octanol–water partition coefficient (Wildman–Crippen LogP) is 1.85. The molecule has 8 heteroatoms. The highest BCUT2D eigenvalue weighted by Crippen LogP contribution is 2.24.